The summed E-state index contributed by atoms with van der Waals surface area (Å²) in [6.45, 7) is 8.49. The molecule has 2 nitrogen and oxygen atoms in total. The Bertz CT molecular complexity index is 544. The summed E-state index contributed by atoms with van der Waals surface area (Å²) in [6, 6.07) is 8.97. The molecule has 0 aromatic carbocycles. The van der Waals surface area contributed by atoms with E-state index in [1.54, 1.807) is 0 Å². The summed E-state index contributed by atoms with van der Waals surface area (Å²) in [5.74, 6) is 0.581. The third-order valence-corrected chi connectivity index (χ3v) is 3.61. The largest absolute Gasteiger partial charge is 0.380 e. The van der Waals surface area contributed by atoms with E-state index in [0.717, 1.165) is 13.2 Å². The van der Waals surface area contributed by atoms with Crippen molar-refractivity contribution in [2.24, 2.45) is 0 Å². The minimum atomic E-state index is 0.214. The minimum Gasteiger partial charge on any atom is -0.380 e. The lowest BCUT2D eigenvalue weighted by Gasteiger charge is -2.26. The molecule has 0 bridgehead atoms. The summed E-state index contributed by atoms with van der Waals surface area (Å²) in [4.78, 5) is 0. The van der Waals surface area contributed by atoms with Crippen LogP contribution in [0.15, 0.2) is 30.5 Å². The van der Waals surface area contributed by atoms with E-state index < -0.39 is 0 Å². The van der Waals surface area contributed by atoms with Gasteiger partial charge in [-0.25, -0.2) is 0 Å². The van der Waals surface area contributed by atoms with Crippen molar-refractivity contribution in [2.45, 2.75) is 32.1 Å². The van der Waals surface area contributed by atoms with Gasteiger partial charge in [-0.05, 0) is 35.2 Å². The highest BCUT2D eigenvalue weighted by Gasteiger charge is 2.23. The van der Waals surface area contributed by atoms with E-state index in [0.29, 0.717) is 5.92 Å². The Labute approximate surface area is 102 Å². The van der Waals surface area contributed by atoms with E-state index in [9.17, 15) is 0 Å². The second-order valence-electron chi connectivity index (χ2n) is 5.95. The van der Waals surface area contributed by atoms with Crippen LogP contribution in [-0.4, -0.2) is 17.6 Å². The van der Waals surface area contributed by atoms with Crippen LogP contribution >= 0.6 is 0 Å². The molecule has 3 heterocycles. The smallest absolute Gasteiger partial charge is 0.0571 e. The van der Waals surface area contributed by atoms with Gasteiger partial charge in [0.2, 0.25) is 0 Å². The molecular weight excluding hydrogens is 210 g/mol. The third kappa shape index (κ3) is 1.77. The predicted octanol–water partition coefficient (Wildman–Crippen LogP) is 3.35. The molecule has 0 unspecified atom stereocenters. The lowest BCUT2D eigenvalue weighted by molar-refractivity contribution is 0.00644. The Morgan fingerprint density at radius 2 is 1.94 bits per heavy atom. The fourth-order valence-electron chi connectivity index (χ4n) is 2.34. The topological polar surface area (TPSA) is 13.6 Å². The van der Waals surface area contributed by atoms with Gasteiger partial charge in [0.1, 0.15) is 0 Å². The fraction of sp³-hybridized carbons (Fsp3) is 0.467. The van der Waals surface area contributed by atoms with Crippen molar-refractivity contribution < 1.29 is 4.74 Å². The summed E-state index contributed by atoms with van der Waals surface area (Å²) < 4.78 is 7.57. The van der Waals surface area contributed by atoms with E-state index in [-0.39, 0.29) is 5.41 Å². The molecule has 0 aliphatic carbocycles. The Morgan fingerprint density at radius 3 is 2.53 bits per heavy atom. The molecule has 90 valence electrons. The quantitative estimate of drug-likeness (QED) is 0.731. The number of fused-ring (bicyclic) bond motifs is 1. The van der Waals surface area contributed by atoms with E-state index in [2.05, 4.69) is 55.6 Å². The average Bonchev–Trinajstić information content (AvgIpc) is 2.57. The van der Waals surface area contributed by atoms with Crippen molar-refractivity contribution in [1.29, 1.82) is 0 Å². The molecule has 0 radical (unpaired) electrons. The van der Waals surface area contributed by atoms with Crippen LogP contribution in [0.2, 0.25) is 0 Å². The standard InChI is InChI=1S/C15H19NO/c1-15(2,3)12-6-7-16-13(8-12)4-5-14(16)11-9-17-10-11/h4-8,11H,9-10H2,1-3H3. The molecule has 1 fully saturated rings. The van der Waals surface area contributed by atoms with Gasteiger partial charge in [-0.3, -0.25) is 0 Å². The molecule has 1 aliphatic rings. The highest BCUT2D eigenvalue weighted by molar-refractivity contribution is 5.53. The molecule has 17 heavy (non-hydrogen) atoms. The van der Waals surface area contributed by atoms with Gasteiger partial charge < -0.3 is 9.14 Å². The summed E-state index contributed by atoms with van der Waals surface area (Å²) in [5, 5.41) is 0. The molecule has 0 N–H and O–H groups in total. The number of pyridine rings is 1. The van der Waals surface area contributed by atoms with Crippen LogP contribution in [0, 0.1) is 0 Å². The summed E-state index contributed by atoms with van der Waals surface area (Å²) in [6.07, 6.45) is 2.20. The molecule has 1 aliphatic heterocycles. The third-order valence-electron chi connectivity index (χ3n) is 3.61. The van der Waals surface area contributed by atoms with Crippen LogP contribution in [0.1, 0.15) is 37.9 Å². The van der Waals surface area contributed by atoms with E-state index >= 15 is 0 Å². The number of hydrogen-bond donors (Lipinski definition) is 0. The van der Waals surface area contributed by atoms with E-state index in [4.69, 9.17) is 4.74 Å². The zero-order valence-corrected chi connectivity index (χ0v) is 10.7. The molecule has 0 saturated carbocycles. The molecular formula is C15H19NO. The average molecular weight is 229 g/mol. The second-order valence-corrected chi connectivity index (χ2v) is 5.95. The van der Waals surface area contributed by atoms with E-state index in [1.165, 1.54) is 16.8 Å². The first-order valence-electron chi connectivity index (χ1n) is 6.25. The summed E-state index contributed by atoms with van der Waals surface area (Å²) in [7, 11) is 0. The van der Waals surface area contributed by atoms with Crippen molar-refractivity contribution in [1.82, 2.24) is 4.40 Å². The minimum absolute atomic E-state index is 0.214. The zero-order chi connectivity index (χ0) is 12.0. The van der Waals surface area contributed by atoms with Crippen molar-refractivity contribution in [3.8, 4) is 0 Å². The van der Waals surface area contributed by atoms with Crippen molar-refractivity contribution in [2.75, 3.05) is 13.2 Å². The number of hydrogen-bond acceptors (Lipinski definition) is 1. The number of nitrogens with zero attached hydrogens (tertiary/aromatic N) is 1. The molecule has 2 heteroatoms. The van der Waals surface area contributed by atoms with Crippen molar-refractivity contribution >= 4 is 5.52 Å². The first kappa shape index (κ1) is 10.8. The molecule has 2 aromatic heterocycles. The van der Waals surface area contributed by atoms with Gasteiger partial charge in [-0.15, -0.1) is 0 Å². The molecule has 3 rings (SSSR count). The number of aromatic nitrogens is 1. The highest BCUT2D eigenvalue weighted by Crippen LogP contribution is 2.28. The fourth-order valence-corrected chi connectivity index (χ4v) is 2.34. The predicted molar refractivity (Wildman–Crippen MR) is 69.7 cm³/mol. The Kier molecular flexibility index (Phi) is 2.30. The normalized spacial score (nSPS) is 17.4. The van der Waals surface area contributed by atoms with Gasteiger partial charge >= 0.3 is 0 Å². The van der Waals surface area contributed by atoms with Gasteiger partial charge in [0.15, 0.2) is 0 Å². The first-order valence-corrected chi connectivity index (χ1v) is 6.25. The number of rotatable bonds is 1. The first-order chi connectivity index (χ1) is 8.05. The highest BCUT2D eigenvalue weighted by atomic mass is 16.5. The summed E-state index contributed by atoms with van der Waals surface area (Å²) >= 11 is 0. The maximum absolute atomic E-state index is 5.27. The Hall–Kier alpha value is -1.28. The van der Waals surface area contributed by atoms with E-state index in [1.807, 2.05) is 0 Å². The molecule has 2 aromatic rings. The van der Waals surface area contributed by atoms with Crippen LogP contribution in [0.4, 0.5) is 0 Å². The Balaban J connectivity index is 2.07. The monoisotopic (exact) mass is 229 g/mol. The van der Waals surface area contributed by atoms with Crippen molar-refractivity contribution in [3.63, 3.8) is 0 Å². The van der Waals surface area contributed by atoms with Gasteiger partial charge in [-0.1, -0.05) is 20.8 Å². The molecule has 1 saturated heterocycles. The van der Waals surface area contributed by atoms with Gasteiger partial charge in [0.05, 0.1) is 13.2 Å². The molecule has 0 amide bonds. The zero-order valence-electron chi connectivity index (χ0n) is 10.7. The van der Waals surface area contributed by atoms with Crippen molar-refractivity contribution in [3.05, 3.63) is 41.7 Å². The lowest BCUT2D eigenvalue weighted by atomic mass is 9.87. The maximum atomic E-state index is 5.27. The maximum Gasteiger partial charge on any atom is 0.0571 e. The van der Waals surface area contributed by atoms with Crippen LogP contribution in [0.25, 0.3) is 5.52 Å². The molecule has 0 spiro atoms. The number of ether oxygens (including phenoxy) is 1. The lowest BCUT2D eigenvalue weighted by Crippen LogP contribution is -2.26. The SMILES string of the molecule is CC(C)(C)c1ccn2c(C3COC3)ccc2c1. The second kappa shape index (κ2) is 3.61. The van der Waals surface area contributed by atoms with Gasteiger partial charge in [-0.2, -0.15) is 0 Å². The van der Waals surface area contributed by atoms with Crippen LogP contribution in [-0.2, 0) is 10.2 Å². The molecule has 0 atom stereocenters. The Morgan fingerprint density at radius 1 is 1.18 bits per heavy atom. The van der Waals surface area contributed by atoms with Gasteiger partial charge in [0, 0.05) is 23.3 Å². The van der Waals surface area contributed by atoms with Gasteiger partial charge in [0.25, 0.3) is 0 Å². The summed E-state index contributed by atoms with van der Waals surface area (Å²) in [5.41, 5.74) is 4.27. The van der Waals surface area contributed by atoms with Crippen LogP contribution in [0.5, 0.6) is 0 Å². The van der Waals surface area contributed by atoms with Crippen LogP contribution in [0.3, 0.4) is 0 Å². The van der Waals surface area contributed by atoms with Crippen LogP contribution < -0.4 is 0 Å².